The molecule has 4 nitrogen and oxygen atoms in total. The van der Waals surface area contributed by atoms with Crippen LogP contribution in [-0.2, 0) is 6.54 Å². The van der Waals surface area contributed by atoms with Crippen molar-refractivity contribution in [3.05, 3.63) is 71.8 Å². The van der Waals surface area contributed by atoms with Crippen molar-refractivity contribution >= 4 is 16.6 Å². The summed E-state index contributed by atoms with van der Waals surface area (Å²) >= 11 is 0. The molecule has 0 N–H and O–H groups in total. The number of piperidine rings is 1. The van der Waals surface area contributed by atoms with Crippen LogP contribution in [0.25, 0.3) is 10.8 Å². The van der Waals surface area contributed by atoms with Gasteiger partial charge in [0.25, 0.3) is 0 Å². The Morgan fingerprint density at radius 3 is 3.04 bits per heavy atom. The molecule has 144 valence electrons. The maximum absolute atomic E-state index is 13.7. The van der Waals surface area contributed by atoms with E-state index < -0.39 is 5.82 Å². The number of benzene rings is 2. The highest BCUT2D eigenvalue weighted by Gasteiger charge is 2.28. The van der Waals surface area contributed by atoms with Crippen molar-refractivity contribution < 1.29 is 13.9 Å². The minimum absolute atomic E-state index is 0.0387. The second-order valence-corrected chi connectivity index (χ2v) is 7.30. The molecule has 3 aromatic rings. The predicted molar refractivity (Wildman–Crippen MR) is 107 cm³/mol. The van der Waals surface area contributed by atoms with Gasteiger partial charge in [-0.25, -0.2) is 4.39 Å². The maximum atomic E-state index is 13.7. The van der Waals surface area contributed by atoms with Crippen molar-refractivity contribution in [2.24, 2.45) is 5.92 Å². The molecular formula is C23H23FN2O2. The van der Waals surface area contributed by atoms with Crippen molar-refractivity contribution in [2.45, 2.75) is 19.4 Å². The number of carbonyl (C=O) groups is 1. The molecule has 1 aliphatic rings. The van der Waals surface area contributed by atoms with Crippen LogP contribution in [0.2, 0.25) is 0 Å². The van der Waals surface area contributed by atoms with Gasteiger partial charge in [0, 0.05) is 36.8 Å². The van der Waals surface area contributed by atoms with Gasteiger partial charge in [-0.05, 0) is 54.6 Å². The van der Waals surface area contributed by atoms with Gasteiger partial charge in [0.15, 0.2) is 5.78 Å². The second-order valence-electron chi connectivity index (χ2n) is 7.30. The molecule has 0 saturated carbocycles. The zero-order valence-electron chi connectivity index (χ0n) is 15.9. The van der Waals surface area contributed by atoms with E-state index in [2.05, 4.69) is 22.0 Å². The Morgan fingerprint density at radius 2 is 2.18 bits per heavy atom. The fourth-order valence-corrected chi connectivity index (χ4v) is 4.07. The lowest BCUT2D eigenvalue weighted by molar-refractivity contribution is 0.0808. The van der Waals surface area contributed by atoms with E-state index in [1.54, 1.807) is 0 Å². The number of Topliss-reactive ketones (excluding diaryl/α,β-unsaturated/α-hetero) is 1. The van der Waals surface area contributed by atoms with Crippen LogP contribution in [0.1, 0.15) is 28.8 Å². The molecule has 0 aliphatic carbocycles. The number of halogens is 1. The van der Waals surface area contributed by atoms with Crippen LogP contribution in [0, 0.1) is 11.7 Å². The van der Waals surface area contributed by atoms with Crippen LogP contribution in [0.5, 0.6) is 5.75 Å². The van der Waals surface area contributed by atoms with E-state index in [9.17, 15) is 9.18 Å². The molecule has 2 aromatic carbocycles. The van der Waals surface area contributed by atoms with Gasteiger partial charge in [-0.1, -0.05) is 18.2 Å². The normalized spacial score (nSPS) is 17.6. The lowest BCUT2D eigenvalue weighted by Gasteiger charge is -2.32. The van der Waals surface area contributed by atoms with E-state index in [0.717, 1.165) is 31.3 Å². The minimum Gasteiger partial charge on any atom is -0.496 e. The Kier molecular flexibility index (Phi) is 5.35. The first-order valence-electron chi connectivity index (χ1n) is 9.57. The van der Waals surface area contributed by atoms with Crippen LogP contribution in [0.15, 0.2) is 54.9 Å². The van der Waals surface area contributed by atoms with Crippen LogP contribution in [-0.4, -0.2) is 35.9 Å². The SMILES string of the molecule is COc1ccc(F)cc1C(=O)[C@H]1CCCN(Cc2cccc3cnccc23)C1. The van der Waals surface area contributed by atoms with Crippen LogP contribution < -0.4 is 4.74 Å². The Hall–Kier alpha value is -2.79. The number of fused-ring (bicyclic) bond motifs is 1. The summed E-state index contributed by atoms with van der Waals surface area (Å²) in [5.41, 5.74) is 1.57. The summed E-state index contributed by atoms with van der Waals surface area (Å²) in [6.45, 7) is 2.40. The zero-order valence-corrected chi connectivity index (χ0v) is 15.9. The summed E-state index contributed by atoms with van der Waals surface area (Å²) in [6.07, 6.45) is 5.44. The number of ether oxygens (including phenoxy) is 1. The number of hydrogen-bond donors (Lipinski definition) is 0. The van der Waals surface area contributed by atoms with Gasteiger partial charge >= 0.3 is 0 Å². The van der Waals surface area contributed by atoms with E-state index in [4.69, 9.17) is 4.74 Å². The van der Waals surface area contributed by atoms with E-state index in [-0.39, 0.29) is 11.7 Å². The van der Waals surface area contributed by atoms with Crippen molar-refractivity contribution in [1.82, 2.24) is 9.88 Å². The Balaban J connectivity index is 1.53. The fraction of sp³-hybridized carbons (Fsp3) is 0.304. The quantitative estimate of drug-likeness (QED) is 0.614. The summed E-state index contributed by atoms with van der Waals surface area (Å²) in [5, 5.41) is 2.31. The first-order valence-corrected chi connectivity index (χ1v) is 9.57. The summed E-state index contributed by atoms with van der Waals surface area (Å²) in [7, 11) is 1.51. The fourth-order valence-electron chi connectivity index (χ4n) is 4.07. The third-order valence-corrected chi connectivity index (χ3v) is 5.47. The van der Waals surface area contributed by atoms with Gasteiger partial charge in [-0.15, -0.1) is 0 Å². The van der Waals surface area contributed by atoms with Crippen LogP contribution >= 0.6 is 0 Å². The molecule has 0 spiro atoms. The largest absolute Gasteiger partial charge is 0.496 e. The summed E-state index contributed by atoms with van der Waals surface area (Å²) < 4.78 is 19.0. The molecular weight excluding hydrogens is 355 g/mol. The molecule has 1 fully saturated rings. The lowest BCUT2D eigenvalue weighted by Crippen LogP contribution is -2.38. The van der Waals surface area contributed by atoms with Crippen molar-refractivity contribution in [1.29, 1.82) is 0 Å². The van der Waals surface area contributed by atoms with E-state index in [1.165, 1.54) is 36.3 Å². The molecule has 28 heavy (non-hydrogen) atoms. The average molecular weight is 378 g/mol. The zero-order chi connectivity index (χ0) is 19.5. The third kappa shape index (κ3) is 3.76. The summed E-state index contributed by atoms with van der Waals surface area (Å²) in [6, 6.07) is 12.4. The molecule has 0 bridgehead atoms. The first kappa shape index (κ1) is 18.6. The molecule has 1 atom stereocenters. The van der Waals surface area contributed by atoms with Gasteiger partial charge in [0.05, 0.1) is 12.7 Å². The van der Waals surface area contributed by atoms with E-state index >= 15 is 0 Å². The smallest absolute Gasteiger partial charge is 0.171 e. The minimum atomic E-state index is -0.416. The highest BCUT2D eigenvalue weighted by Crippen LogP contribution is 2.28. The molecule has 0 radical (unpaired) electrons. The van der Waals surface area contributed by atoms with Crippen LogP contribution in [0.4, 0.5) is 4.39 Å². The average Bonchev–Trinajstić information content (AvgIpc) is 2.74. The van der Waals surface area contributed by atoms with E-state index in [1.807, 2.05) is 24.5 Å². The first-order chi connectivity index (χ1) is 13.7. The number of carbonyl (C=O) groups excluding carboxylic acids is 1. The lowest BCUT2D eigenvalue weighted by atomic mass is 9.89. The van der Waals surface area contributed by atoms with Crippen molar-refractivity contribution in [3.63, 3.8) is 0 Å². The summed E-state index contributed by atoms with van der Waals surface area (Å²) in [4.78, 5) is 19.6. The molecule has 0 unspecified atom stereocenters. The number of pyridine rings is 1. The van der Waals surface area contributed by atoms with Gasteiger partial charge in [0.2, 0.25) is 0 Å². The monoisotopic (exact) mass is 378 g/mol. The summed E-state index contributed by atoms with van der Waals surface area (Å²) in [5.74, 6) is -0.171. The predicted octanol–water partition coefficient (Wildman–Crippen LogP) is 4.48. The highest BCUT2D eigenvalue weighted by molar-refractivity contribution is 6.00. The number of aromatic nitrogens is 1. The van der Waals surface area contributed by atoms with Gasteiger partial charge in [-0.3, -0.25) is 14.7 Å². The van der Waals surface area contributed by atoms with Crippen molar-refractivity contribution in [3.8, 4) is 5.75 Å². The van der Waals surface area contributed by atoms with Crippen LogP contribution in [0.3, 0.4) is 0 Å². The van der Waals surface area contributed by atoms with Gasteiger partial charge < -0.3 is 4.74 Å². The molecule has 2 heterocycles. The molecule has 4 rings (SSSR count). The number of likely N-dealkylation sites (tertiary alicyclic amines) is 1. The number of ketones is 1. The molecule has 5 heteroatoms. The topological polar surface area (TPSA) is 42.4 Å². The maximum Gasteiger partial charge on any atom is 0.171 e. The molecule has 1 aliphatic heterocycles. The third-order valence-electron chi connectivity index (χ3n) is 5.47. The highest BCUT2D eigenvalue weighted by atomic mass is 19.1. The number of nitrogens with zero attached hydrogens (tertiary/aromatic N) is 2. The second kappa shape index (κ2) is 8.07. The number of methoxy groups -OCH3 is 1. The molecule has 0 amide bonds. The Morgan fingerprint density at radius 1 is 1.29 bits per heavy atom. The standard InChI is InChI=1S/C23H23FN2O2/c1-28-22-8-7-19(24)12-21(22)23(27)18-6-3-11-26(15-18)14-17-5-2-4-16-13-25-10-9-20(16)17/h2,4-5,7-10,12-13,18H,3,6,11,14-15H2,1H3/t18-/m0/s1. The Labute approximate surface area is 164 Å². The molecule has 1 saturated heterocycles. The van der Waals surface area contributed by atoms with Gasteiger partial charge in [-0.2, -0.15) is 0 Å². The van der Waals surface area contributed by atoms with Gasteiger partial charge in [0.1, 0.15) is 11.6 Å². The Bertz CT molecular complexity index is 1000. The van der Waals surface area contributed by atoms with Crippen molar-refractivity contribution in [2.75, 3.05) is 20.2 Å². The molecule has 1 aromatic heterocycles. The number of rotatable bonds is 5. The number of hydrogen-bond acceptors (Lipinski definition) is 4. The van der Waals surface area contributed by atoms with E-state index in [0.29, 0.717) is 17.9 Å².